The first-order valence-corrected chi connectivity index (χ1v) is 8.64. The summed E-state index contributed by atoms with van der Waals surface area (Å²) in [6, 6.07) is 2.85. The van der Waals surface area contributed by atoms with E-state index in [2.05, 4.69) is 11.8 Å². The Kier molecular flexibility index (Phi) is 7.15. The first-order valence-electron chi connectivity index (χ1n) is 8.64. The molecule has 0 spiro atoms. The van der Waals surface area contributed by atoms with Gasteiger partial charge in [0, 0.05) is 30.8 Å². The van der Waals surface area contributed by atoms with Crippen LogP contribution in [-0.4, -0.2) is 40.8 Å². The fourth-order valence-corrected chi connectivity index (χ4v) is 3.31. The monoisotopic (exact) mass is 338 g/mol. The number of nitrogens with one attached hydrogen (secondary N) is 1. The molecule has 0 saturated carbocycles. The SMILES string of the molecule is CC(CCCO)CCCN1CCc2cc(C(=O)NO)cc(F)c2C1. The second-order valence-corrected chi connectivity index (χ2v) is 6.68. The van der Waals surface area contributed by atoms with Crippen LogP contribution < -0.4 is 5.48 Å². The van der Waals surface area contributed by atoms with E-state index in [4.69, 9.17) is 10.3 Å². The van der Waals surface area contributed by atoms with E-state index in [0.717, 1.165) is 44.3 Å². The first-order chi connectivity index (χ1) is 11.5. The van der Waals surface area contributed by atoms with Crippen LogP contribution in [0.3, 0.4) is 0 Å². The maximum Gasteiger partial charge on any atom is 0.274 e. The van der Waals surface area contributed by atoms with E-state index in [0.29, 0.717) is 24.4 Å². The smallest absolute Gasteiger partial charge is 0.274 e. The predicted octanol–water partition coefficient (Wildman–Crippen LogP) is 2.49. The topological polar surface area (TPSA) is 72.8 Å². The summed E-state index contributed by atoms with van der Waals surface area (Å²) in [5.74, 6) is -0.464. The molecule has 1 aliphatic heterocycles. The van der Waals surface area contributed by atoms with Gasteiger partial charge in [-0.1, -0.05) is 6.92 Å². The third-order valence-corrected chi connectivity index (χ3v) is 4.76. The molecule has 0 bridgehead atoms. The Hall–Kier alpha value is -1.50. The maximum absolute atomic E-state index is 14.3. The Morgan fingerprint density at radius 2 is 2.12 bits per heavy atom. The molecule has 0 fully saturated rings. The summed E-state index contributed by atoms with van der Waals surface area (Å²) in [7, 11) is 0. The predicted molar refractivity (Wildman–Crippen MR) is 89.4 cm³/mol. The Morgan fingerprint density at radius 3 is 2.83 bits per heavy atom. The van der Waals surface area contributed by atoms with Gasteiger partial charge in [0.25, 0.3) is 5.91 Å². The molecule has 1 amide bonds. The van der Waals surface area contributed by atoms with Gasteiger partial charge in [-0.3, -0.25) is 14.9 Å². The van der Waals surface area contributed by atoms with Crippen LogP contribution in [0, 0.1) is 11.7 Å². The van der Waals surface area contributed by atoms with Crippen LogP contribution in [0.5, 0.6) is 0 Å². The maximum atomic E-state index is 14.3. The summed E-state index contributed by atoms with van der Waals surface area (Å²) in [6.45, 7) is 4.80. The van der Waals surface area contributed by atoms with Gasteiger partial charge in [-0.25, -0.2) is 9.87 Å². The number of amides is 1. The van der Waals surface area contributed by atoms with Crippen molar-refractivity contribution in [2.24, 2.45) is 5.92 Å². The van der Waals surface area contributed by atoms with Gasteiger partial charge in [0.2, 0.25) is 0 Å². The van der Waals surface area contributed by atoms with E-state index >= 15 is 0 Å². The summed E-state index contributed by atoms with van der Waals surface area (Å²) in [5.41, 5.74) is 3.20. The van der Waals surface area contributed by atoms with Crippen LogP contribution >= 0.6 is 0 Å². The standard InChI is InChI=1S/C18H27FN2O3/c1-13(5-3-9-22)4-2-7-21-8-6-14-10-15(18(23)20-24)11-17(19)16(14)12-21/h10-11,13,22,24H,2-9,12H2,1H3,(H,20,23). The number of carbonyl (C=O) groups excluding carboxylic acids is 1. The average Bonchev–Trinajstić information content (AvgIpc) is 2.59. The molecule has 0 radical (unpaired) electrons. The number of hydroxylamine groups is 1. The lowest BCUT2D eigenvalue weighted by Gasteiger charge is -2.29. The van der Waals surface area contributed by atoms with E-state index in [1.54, 1.807) is 11.5 Å². The van der Waals surface area contributed by atoms with Gasteiger partial charge >= 0.3 is 0 Å². The average molecular weight is 338 g/mol. The van der Waals surface area contributed by atoms with Gasteiger partial charge in [-0.05, 0) is 62.3 Å². The number of benzene rings is 1. The summed E-state index contributed by atoms with van der Waals surface area (Å²) in [6.07, 6.45) is 4.78. The van der Waals surface area contributed by atoms with Crippen molar-refractivity contribution in [3.63, 3.8) is 0 Å². The number of aliphatic hydroxyl groups is 1. The van der Waals surface area contributed by atoms with Crippen molar-refractivity contribution >= 4 is 5.91 Å². The summed E-state index contributed by atoms with van der Waals surface area (Å²) in [4.78, 5) is 13.7. The third kappa shape index (κ3) is 5.00. The second kappa shape index (κ2) is 9.11. The highest BCUT2D eigenvalue weighted by Gasteiger charge is 2.21. The normalized spacial score (nSPS) is 15.8. The third-order valence-electron chi connectivity index (χ3n) is 4.76. The molecule has 0 aliphatic carbocycles. The summed E-state index contributed by atoms with van der Waals surface area (Å²) < 4.78 is 14.3. The quantitative estimate of drug-likeness (QED) is 0.503. The van der Waals surface area contributed by atoms with Crippen LogP contribution in [0.15, 0.2) is 12.1 Å². The lowest BCUT2D eigenvalue weighted by atomic mass is 9.95. The number of fused-ring (bicyclic) bond motifs is 1. The van der Waals surface area contributed by atoms with Crippen molar-refractivity contribution in [3.8, 4) is 0 Å². The van der Waals surface area contributed by atoms with Gasteiger partial charge in [-0.15, -0.1) is 0 Å². The molecule has 1 aromatic rings. The molecule has 0 aromatic heterocycles. The van der Waals surface area contributed by atoms with Crippen LogP contribution in [-0.2, 0) is 13.0 Å². The molecule has 5 nitrogen and oxygen atoms in total. The van der Waals surface area contributed by atoms with Crippen molar-refractivity contribution in [1.82, 2.24) is 10.4 Å². The number of nitrogens with zero attached hydrogens (tertiary/aromatic N) is 1. The Bertz CT molecular complexity index is 565. The zero-order valence-electron chi connectivity index (χ0n) is 14.2. The molecule has 1 aromatic carbocycles. The van der Waals surface area contributed by atoms with Gasteiger partial charge in [0.1, 0.15) is 5.82 Å². The largest absolute Gasteiger partial charge is 0.396 e. The van der Waals surface area contributed by atoms with Crippen molar-refractivity contribution in [2.75, 3.05) is 19.7 Å². The number of carbonyl (C=O) groups is 1. The summed E-state index contributed by atoms with van der Waals surface area (Å²) >= 11 is 0. The Balaban J connectivity index is 1.89. The van der Waals surface area contributed by atoms with Crippen LogP contribution in [0.2, 0.25) is 0 Å². The minimum Gasteiger partial charge on any atom is -0.396 e. The highest BCUT2D eigenvalue weighted by Crippen LogP contribution is 2.24. The molecular formula is C18H27FN2O3. The van der Waals surface area contributed by atoms with Gasteiger partial charge in [-0.2, -0.15) is 0 Å². The molecule has 24 heavy (non-hydrogen) atoms. The van der Waals surface area contributed by atoms with Crippen LogP contribution in [0.25, 0.3) is 0 Å². The zero-order valence-corrected chi connectivity index (χ0v) is 14.2. The van der Waals surface area contributed by atoms with Crippen molar-refractivity contribution < 1.29 is 19.5 Å². The van der Waals surface area contributed by atoms with E-state index in [9.17, 15) is 9.18 Å². The molecule has 2 rings (SSSR count). The number of hydrogen-bond donors (Lipinski definition) is 3. The van der Waals surface area contributed by atoms with Crippen LogP contribution in [0.4, 0.5) is 4.39 Å². The Labute approximate surface area is 142 Å². The van der Waals surface area contributed by atoms with E-state index in [1.165, 1.54) is 6.07 Å². The molecule has 0 saturated heterocycles. The van der Waals surface area contributed by atoms with E-state index < -0.39 is 5.91 Å². The minimum absolute atomic E-state index is 0.153. The second-order valence-electron chi connectivity index (χ2n) is 6.68. The highest BCUT2D eigenvalue weighted by atomic mass is 19.1. The minimum atomic E-state index is -0.684. The Morgan fingerprint density at radius 1 is 1.38 bits per heavy atom. The van der Waals surface area contributed by atoms with Crippen molar-refractivity contribution in [2.45, 2.75) is 45.6 Å². The molecule has 6 heteroatoms. The number of hydrogen-bond acceptors (Lipinski definition) is 4. The summed E-state index contributed by atoms with van der Waals surface area (Å²) in [5, 5.41) is 17.5. The molecule has 134 valence electrons. The van der Waals surface area contributed by atoms with Crippen molar-refractivity contribution in [3.05, 3.63) is 34.6 Å². The fourth-order valence-electron chi connectivity index (χ4n) is 3.31. The highest BCUT2D eigenvalue weighted by molar-refractivity contribution is 5.93. The first kappa shape index (κ1) is 18.8. The zero-order chi connectivity index (χ0) is 17.5. The fraction of sp³-hybridized carbons (Fsp3) is 0.611. The van der Waals surface area contributed by atoms with Gasteiger partial charge < -0.3 is 5.11 Å². The van der Waals surface area contributed by atoms with E-state index in [-0.39, 0.29) is 18.0 Å². The molecule has 3 N–H and O–H groups in total. The lowest BCUT2D eigenvalue weighted by molar-refractivity contribution is 0.0705. The molecule has 1 aliphatic rings. The lowest BCUT2D eigenvalue weighted by Crippen LogP contribution is -2.32. The molecular weight excluding hydrogens is 311 g/mol. The molecule has 1 heterocycles. The number of aliphatic hydroxyl groups excluding tert-OH is 1. The van der Waals surface area contributed by atoms with Gasteiger partial charge in [0.15, 0.2) is 0 Å². The number of rotatable bonds is 8. The number of halogens is 1. The van der Waals surface area contributed by atoms with Gasteiger partial charge in [0.05, 0.1) is 0 Å². The molecule has 1 atom stereocenters. The van der Waals surface area contributed by atoms with E-state index in [1.807, 2.05) is 0 Å². The van der Waals surface area contributed by atoms with Crippen LogP contribution in [0.1, 0.15) is 54.1 Å². The molecule has 1 unspecified atom stereocenters. The van der Waals surface area contributed by atoms with Crippen molar-refractivity contribution in [1.29, 1.82) is 0 Å².